The van der Waals surface area contributed by atoms with Crippen molar-refractivity contribution in [2.24, 2.45) is 5.92 Å². The summed E-state index contributed by atoms with van der Waals surface area (Å²) in [6, 6.07) is 8.16. The van der Waals surface area contributed by atoms with Crippen LogP contribution in [0.1, 0.15) is 54.1 Å². The molecule has 192 valence electrons. The number of carbonyl (C=O) groups is 2. The van der Waals surface area contributed by atoms with Crippen molar-refractivity contribution in [2.75, 3.05) is 11.1 Å². The Morgan fingerprint density at radius 3 is 2.44 bits per heavy atom. The van der Waals surface area contributed by atoms with Crippen LogP contribution in [0.3, 0.4) is 0 Å². The van der Waals surface area contributed by atoms with E-state index in [-0.39, 0.29) is 23.5 Å². The average Bonchev–Trinajstić information content (AvgIpc) is 3.25. The zero-order valence-electron chi connectivity index (χ0n) is 20.7. The second kappa shape index (κ2) is 12.4. The maximum Gasteiger partial charge on any atom is 0.251 e. The molecular formula is C25H28BrCl2N5O2S. The summed E-state index contributed by atoms with van der Waals surface area (Å²) < 4.78 is 2.93. The standard InChI is InChI=1S/C25H28BrCl2N5O2S/c1-6-33-23(22(13(2)3)30-24(35)16-7-9-18(27)19(28)11-16)31-32-25(33)36-12-21(34)29-20-10-8-17(26)14(4)15(20)5/h7-11,13,22H,6,12H2,1-5H3,(H,29,34)(H,30,35)/t22-/m0/s1. The molecule has 2 amide bonds. The number of benzene rings is 2. The highest BCUT2D eigenvalue weighted by Crippen LogP contribution is 2.28. The lowest BCUT2D eigenvalue weighted by atomic mass is 10.0. The van der Waals surface area contributed by atoms with Crippen molar-refractivity contribution in [2.45, 2.75) is 52.4 Å². The lowest BCUT2D eigenvalue weighted by Gasteiger charge is -2.22. The van der Waals surface area contributed by atoms with Crippen LogP contribution in [0, 0.1) is 19.8 Å². The Balaban J connectivity index is 1.73. The van der Waals surface area contributed by atoms with E-state index in [4.69, 9.17) is 23.2 Å². The van der Waals surface area contributed by atoms with Crippen LogP contribution in [0.5, 0.6) is 0 Å². The fraction of sp³-hybridized carbons (Fsp3) is 0.360. The summed E-state index contributed by atoms with van der Waals surface area (Å²) >= 11 is 16.9. The fourth-order valence-corrected chi connectivity index (χ4v) is 5.10. The number of aromatic nitrogens is 3. The van der Waals surface area contributed by atoms with E-state index in [0.29, 0.717) is 33.1 Å². The summed E-state index contributed by atoms with van der Waals surface area (Å²) in [5.74, 6) is 0.422. The first-order valence-electron chi connectivity index (χ1n) is 11.4. The minimum absolute atomic E-state index is 0.0380. The topological polar surface area (TPSA) is 88.9 Å². The van der Waals surface area contributed by atoms with E-state index in [9.17, 15) is 9.59 Å². The van der Waals surface area contributed by atoms with Crippen molar-refractivity contribution in [3.8, 4) is 0 Å². The van der Waals surface area contributed by atoms with Crippen LogP contribution >= 0.6 is 50.9 Å². The van der Waals surface area contributed by atoms with E-state index < -0.39 is 6.04 Å². The van der Waals surface area contributed by atoms with Crippen LogP contribution in [-0.2, 0) is 11.3 Å². The van der Waals surface area contributed by atoms with Crippen LogP contribution in [0.25, 0.3) is 0 Å². The smallest absolute Gasteiger partial charge is 0.251 e. The third kappa shape index (κ3) is 6.62. The van der Waals surface area contributed by atoms with E-state index in [1.807, 2.05) is 51.3 Å². The van der Waals surface area contributed by atoms with Gasteiger partial charge in [0.15, 0.2) is 11.0 Å². The highest BCUT2D eigenvalue weighted by molar-refractivity contribution is 9.10. The van der Waals surface area contributed by atoms with Gasteiger partial charge in [-0.05, 0) is 68.1 Å². The molecule has 1 atom stereocenters. The molecule has 1 aromatic heterocycles. The first kappa shape index (κ1) is 28.5. The van der Waals surface area contributed by atoms with E-state index in [2.05, 4.69) is 36.8 Å². The number of nitrogens with one attached hydrogen (secondary N) is 2. The Labute approximate surface area is 233 Å². The van der Waals surface area contributed by atoms with E-state index in [1.54, 1.807) is 12.1 Å². The lowest BCUT2D eigenvalue weighted by Crippen LogP contribution is -2.33. The molecule has 0 saturated carbocycles. The highest BCUT2D eigenvalue weighted by atomic mass is 79.9. The van der Waals surface area contributed by atoms with Gasteiger partial charge in [0.25, 0.3) is 5.91 Å². The van der Waals surface area contributed by atoms with Crippen LogP contribution in [0.4, 0.5) is 5.69 Å². The molecule has 0 unspecified atom stereocenters. The summed E-state index contributed by atoms with van der Waals surface area (Å²) in [5, 5.41) is 16.0. The zero-order valence-corrected chi connectivity index (χ0v) is 24.6. The second-order valence-corrected chi connectivity index (χ2v) is 11.2. The minimum Gasteiger partial charge on any atom is -0.342 e. The number of hydrogen-bond acceptors (Lipinski definition) is 5. The van der Waals surface area contributed by atoms with Gasteiger partial charge in [0.2, 0.25) is 5.91 Å². The average molecular weight is 613 g/mol. The SMILES string of the molecule is CCn1c(SCC(=O)Nc2ccc(Br)c(C)c2C)nnc1[C@@H](NC(=O)c1ccc(Cl)c(Cl)c1)C(C)C. The second-order valence-electron chi connectivity index (χ2n) is 8.59. The molecule has 1 heterocycles. The number of rotatable bonds is 9. The molecule has 3 aromatic rings. The van der Waals surface area contributed by atoms with E-state index >= 15 is 0 Å². The molecule has 7 nitrogen and oxygen atoms in total. The van der Waals surface area contributed by atoms with Gasteiger partial charge >= 0.3 is 0 Å². The van der Waals surface area contributed by atoms with Crippen LogP contribution in [0.2, 0.25) is 10.0 Å². The van der Waals surface area contributed by atoms with Crippen molar-refractivity contribution in [3.05, 3.63) is 67.4 Å². The summed E-state index contributed by atoms with van der Waals surface area (Å²) in [5.41, 5.74) is 3.28. The summed E-state index contributed by atoms with van der Waals surface area (Å²) in [6.45, 7) is 10.5. The Morgan fingerprint density at radius 2 is 1.81 bits per heavy atom. The third-order valence-electron chi connectivity index (χ3n) is 5.80. The molecule has 0 radical (unpaired) electrons. The summed E-state index contributed by atoms with van der Waals surface area (Å²) in [6.07, 6.45) is 0. The molecule has 0 aliphatic rings. The Kier molecular flexibility index (Phi) is 9.86. The number of hydrogen-bond donors (Lipinski definition) is 2. The molecule has 2 N–H and O–H groups in total. The van der Waals surface area contributed by atoms with Crippen molar-refractivity contribution in [3.63, 3.8) is 0 Å². The number of amides is 2. The van der Waals surface area contributed by atoms with Gasteiger partial charge in [0, 0.05) is 22.3 Å². The van der Waals surface area contributed by atoms with Crippen LogP contribution in [-0.4, -0.2) is 32.3 Å². The van der Waals surface area contributed by atoms with Gasteiger partial charge in [0.05, 0.1) is 21.8 Å². The number of halogens is 3. The first-order chi connectivity index (χ1) is 17.0. The van der Waals surface area contributed by atoms with Crippen molar-refractivity contribution in [1.82, 2.24) is 20.1 Å². The number of nitrogens with zero attached hydrogens (tertiary/aromatic N) is 3. The Bertz CT molecular complexity index is 1280. The first-order valence-corrected chi connectivity index (χ1v) is 13.9. The summed E-state index contributed by atoms with van der Waals surface area (Å²) in [4.78, 5) is 25.6. The molecular weight excluding hydrogens is 585 g/mol. The van der Waals surface area contributed by atoms with Gasteiger partial charge in [-0.1, -0.05) is 64.7 Å². The van der Waals surface area contributed by atoms with Gasteiger partial charge in [-0.2, -0.15) is 0 Å². The van der Waals surface area contributed by atoms with Crippen LogP contribution < -0.4 is 10.6 Å². The van der Waals surface area contributed by atoms with Crippen LogP contribution in [0.15, 0.2) is 40.0 Å². The molecule has 0 aliphatic heterocycles. The van der Waals surface area contributed by atoms with E-state index in [0.717, 1.165) is 21.3 Å². The molecule has 0 saturated heterocycles. The quantitative estimate of drug-likeness (QED) is 0.258. The molecule has 0 spiro atoms. The van der Waals surface area contributed by atoms with Gasteiger partial charge in [-0.15, -0.1) is 10.2 Å². The van der Waals surface area contributed by atoms with Crippen molar-refractivity contribution >= 4 is 68.4 Å². The number of carbonyl (C=O) groups excluding carboxylic acids is 2. The molecule has 0 bridgehead atoms. The number of thioether (sulfide) groups is 1. The normalized spacial score (nSPS) is 12.0. The molecule has 36 heavy (non-hydrogen) atoms. The maximum absolute atomic E-state index is 12.9. The van der Waals surface area contributed by atoms with Gasteiger partial charge in [-0.25, -0.2) is 0 Å². The van der Waals surface area contributed by atoms with Crippen molar-refractivity contribution < 1.29 is 9.59 Å². The summed E-state index contributed by atoms with van der Waals surface area (Å²) in [7, 11) is 0. The lowest BCUT2D eigenvalue weighted by molar-refractivity contribution is -0.113. The van der Waals surface area contributed by atoms with Crippen molar-refractivity contribution in [1.29, 1.82) is 0 Å². The highest BCUT2D eigenvalue weighted by Gasteiger charge is 2.26. The Hall–Kier alpha value is -2.07. The van der Waals surface area contributed by atoms with Gasteiger partial charge in [0.1, 0.15) is 0 Å². The predicted octanol–water partition coefficient (Wildman–Crippen LogP) is 6.84. The van der Waals surface area contributed by atoms with Gasteiger partial charge < -0.3 is 15.2 Å². The predicted molar refractivity (Wildman–Crippen MR) is 150 cm³/mol. The molecule has 3 rings (SSSR count). The molecule has 0 aliphatic carbocycles. The Morgan fingerprint density at radius 1 is 1.08 bits per heavy atom. The largest absolute Gasteiger partial charge is 0.342 e. The zero-order chi connectivity index (χ0) is 26.6. The monoisotopic (exact) mass is 611 g/mol. The third-order valence-corrected chi connectivity index (χ3v) is 8.37. The van der Waals surface area contributed by atoms with Gasteiger partial charge in [-0.3, -0.25) is 9.59 Å². The molecule has 2 aromatic carbocycles. The molecule has 0 fully saturated rings. The van der Waals surface area contributed by atoms with E-state index in [1.165, 1.54) is 17.8 Å². The maximum atomic E-state index is 12.9. The minimum atomic E-state index is -0.393. The fourth-order valence-electron chi connectivity index (χ4n) is 3.56. The molecule has 11 heteroatoms. The number of anilines is 1.